The van der Waals surface area contributed by atoms with E-state index in [1.54, 1.807) is 19.1 Å². The molecule has 0 unspecified atom stereocenters. The van der Waals surface area contributed by atoms with Crippen molar-refractivity contribution >= 4 is 9.84 Å². The minimum atomic E-state index is -3.05. The summed E-state index contributed by atoms with van der Waals surface area (Å²) >= 11 is 0. The summed E-state index contributed by atoms with van der Waals surface area (Å²) in [6.45, 7) is 5.93. The maximum absolute atomic E-state index is 11.6. The lowest BCUT2D eigenvalue weighted by atomic mass is 9.99. The van der Waals surface area contributed by atoms with Gasteiger partial charge in [0.2, 0.25) is 0 Å². The zero-order valence-corrected chi connectivity index (χ0v) is 10.3. The van der Waals surface area contributed by atoms with E-state index in [0.717, 1.165) is 6.42 Å². The van der Waals surface area contributed by atoms with Crippen molar-refractivity contribution in [1.29, 1.82) is 0 Å². The van der Waals surface area contributed by atoms with Crippen molar-refractivity contribution < 1.29 is 8.42 Å². The first kappa shape index (κ1) is 12.2. The zero-order chi connectivity index (χ0) is 11.5. The van der Waals surface area contributed by atoms with Crippen molar-refractivity contribution in [3.8, 4) is 0 Å². The quantitative estimate of drug-likeness (QED) is 0.791. The van der Waals surface area contributed by atoms with Gasteiger partial charge in [0.05, 0.1) is 10.6 Å². The van der Waals surface area contributed by atoms with Gasteiger partial charge in [0.15, 0.2) is 9.84 Å². The molecule has 0 saturated heterocycles. The van der Waals surface area contributed by atoms with Gasteiger partial charge < -0.3 is 0 Å². The van der Waals surface area contributed by atoms with Crippen molar-refractivity contribution in [1.82, 2.24) is 0 Å². The van der Waals surface area contributed by atoms with E-state index >= 15 is 0 Å². The van der Waals surface area contributed by atoms with E-state index in [1.165, 1.54) is 5.56 Å². The molecule has 0 radical (unpaired) electrons. The van der Waals surface area contributed by atoms with Gasteiger partial charge in [0.25, 0.3) is 0 Å². The van der Waals surface area contributed by atoms with Crippen molar-refractivity contribution in [3.05, 3.63) is 29.8 Å². The molecule has 1 aromatic carbocycles. The predicted octanol–water partition coefficient (Wildman–Crippen LogP) is 2.99. The molecule has 0 aliphatic heterocycles. The van der Waals surface area contributed by atoms with Crippen LogP contribution in [0.15, 0.2) is 29.2 Å². The third-order valence-corrected chi connectivity index (χ3v) is 4.55. The lowest BCUT2D eigenvalue weighted by molar-refractivity contribution is 0.597. The average molecular weight is 226 g/mol. The Bertz CT molecular complexity index is 404. The van der Waals surface area contributed by atoms with Gasteiger partial charge in [0, 0.05) is 0 Å². The van der Waals surface area contributed by atoms with E-state index in [0.29, 0.717) is 10.8 Å². The fourth-order valence-corrected chi connectivity index (χ4v) is 2.29. The highest BCUT2D eigenvalue weighted by atomic mass is 32.2. The Morgan fingerprint density at radius 3 is 2.07 bits per heavy atom. The molecule has 1 atom stereocenters. The van der Waals surface area contributed by atoms with Crippen LogP contribution in [0.4, 0.5) is 0 Å². The smallest absolute Gasteiger partial charge is 0.178 e. The second-order valence-corrected chi connectivity index (χ2v) is 6.06. The molecule has 0 amide bonds. The molecule has 3 heteroatoms. The fourth-order valence-electron chi connectivity index (χ4n) is 1.41. The van der Waals surface area contributed by atoms with Crippen molar-refractivity contribution in [2.45, 2.75) is 38.0 Å². The van der Waals surface area contributed by atoms with Gasteiger partial charge in [-0.2, -0.15) is 0 Å². The first-order valence-electron chi connectivity index (χ1n) is 5.34. The van der Waals surface area contributed by atoms with Crippen LogP contribution in [0.25, 0.3) is 0 Å². The van der Waals surface area contributed by atoms with Gasteiger partial charge in [-0.1, -0.05) is 32.9 Å². The van der Waals surface area contributed by atoms with Crippen LogP contribution in [0, 0.1) is 0 Å². The van der Waals surface area contributed by atoms with Crippen LogP contribution in [0.1, 0.15) is 38.7 Å². The van der Waals surface area contributed by atoms with Gasteiger partial charge in [-0.05, 0) is 30.0 Å². The van der Waals surface area contributed by atoms with E-state index in [9.17, 15) is 8.42 Å². The summed E-state index contributed by atoms with van der Waals surface area (Å²) in [5.41, 5.74) is 1.20. The minimum Gasteiger partial charge on any atom is -0.224 e. The van der Waals surface area contributed by atoms with Crippen LogP contribution in [-0.2, 0) is 9.84 Å². The van der Waals surface area contributed by atoms with E-state index in [4.69, 9.17) is 0 Å². The number of hydrogen-bond acceptors (Lipinski definition) is 2. The minimum absolute atomic E-state index is 0.162. The predicted molar refractivity (Wildman–Crippen MR) is 62.9 cm³/mol. The average Bonchev–Trinajstić information content (AvgIpc) is 2.28. The molecule has 0 heterocycles. The molecule has 0 bridgehead atoms. The number of sulfone groups is 1. The van der Waals surface area contributed by atoms with Gasteiger partial charge in [0.1, 0.15) is 0 Å². The van der Waals surface area contributed by atoms with Crippen LogP contribution in [-0.4, -0.2) is 14.2 Å². The summed E-state index contributed by atoms with van der Waals surface area (Å²) in [4.78, 5) is 0.428. The summed E-state index contributed by atoms with van der Waals surface area (Å²) < 4.78 is 23.1. The summed E-state index contributed by atoms with van der Waals surface area (Å²) in [5, 5.41) is 0. The van der Waals surface area contributed by atoms with Crippen LogP contribution < -0.4 is 0 Å². The van der Waals surface area contributed by atoms with Crippen LogP contribution in [0.2, 0.25) is 0 Å². The van der Waals surface area contributed by atoms with Gasteiger partial charge >= 0.3 is 0 Å². The van der Waals surface area contributed by atoms with E-state index in [-0.39, 0.29) is 5.75 Å². The molecule has 0 saturated carbocycles. The first-order chi connectivity index (χ1) is 7.01. The molecule has 2 nitrogen and oxygen atoms in total. The summed E-state index contributed by atoms with van der Waals surface area (Å²) in [6, 6.07) is 7.24. The van der Waals surface area contributed by atoms with Crippen molar-refractivity contribution in [2.75, 3.05) is 5.75 Å². The lowest BCUT2D eigenvalue weighted by Gasteiger charge is -2.09. The Labute approximate surface area is 92.2 Å². The molecule has 0 aromatic heterocycles. The standard InChI is InChI=1S/C12H18O2S/c1-4-10(3)11-6-8-12(9-7-11)15(13,14)5-2/h6-10H,4-5H2,1-3H3/t10-/m0/s1. The Balaban J connectivity index is 3.00. The molecule has 0 spiro atoms. The Morgan fingerprint density at radius 2 is 1.67 bits per heavy atom. The van der Waals surface area contributed by atoms with Crippen LogP contribution in [0.5, 0.6) is 0 Å². The highest BCUT2D eigenvalue weighted by Gasteiger charge is 2.11. The van der Waals surface area contributed by atoms with E-state index in [1.807, 2.05) is 12.1 Å². The molecular weight excluding hydrogens is 208 g/mol. The summed E-state index contributed by atoms with van der Waals surface area (Å²) in [6.07, 6.45) is 1.07. The Hall–Kier alpha value is -0.830. The first-order valence-corrected chi connectivity index (χ1v) is 6.99. The fraction of sp³-hybridized carbons (Fsp3) is 0.500. The number of benzene rings is 1. The highest BCUT2D eigenvalue weighted by Crippen LogP contribution is 2.20. The molecule has 1 aromatic rings. The third-order valence-electron chi connectivity index (χ3n) is 2.80. The summed E-state index contributed by atoms with van der Waals surface area (Å²) in [5.74, 6) is 0.652. The molecule has 84 valence electrons. The molecule has 15 heavy (non-hydrogen) atoms. The second kappa shape index (κ2) is 4.79. The van der Waals surface area contributed by atoms with Gasteiger partial charge in [-0.3, -0.25) is 0 Å². The Morgan fingerprint density at radius 1 is 1.13 bits per heavy atom. The van der Waals surface area contributed by atoms with Crippen LogP contribution in [0.3, 0.4) is 0 Å². The van der Waals surface area contributed by atoms with E-state index < -0.39 is 9.84 Å². The monoisotopic (exact) mass is 226 g/mol. The normalized spacial score (nSPS) is 13.8. The molecule has 1 rings (SSSR count). The Kier molecular flexibility index (Phi) is 3.91. The molecular formula is C12H18O2S. The molecule has 0 aliphatic carbocycles. The molecule has 0 N–H and O–H groups in total. The van der Waals surface area contributed by atoms with Crippen LogP contribution >= 0.6 is 0 Å². The lowest BCUT2D eigenvalue weighted by Crippen LogP contribution is -2.03. The maximum Gasteiger partial charge on any atom is 0.178 e. The van der Waals surface area contributed by atoms with Gasteiger partial charge in [-0.25, -0.2) is 8.42 Å². The van der Waals surface area contributed by atoms with Crippen molar-refractivity contribution in [2.24, 2.45) is 0 Å². The van der Waals surface area contributed by atoms with Crippen molar-refractivity contribution in [3.63, 3.8) is 0 Å². The third kappa shape index (κ3) is 2.81. The van der Waals surface area contributed by atoms with Gasteiger partial charge in [-0.15, -0.1) is 0 Å². The highest BCUT2D eigenvalue weighted by molar-refractivity contribution is 7.91. The zero-order valence-electron chi connectivity index (χ0n) is 9.53. The molecule has 0 aliphatic rings. The molecule has 0 fully saturated rings. The number of rotatable bonds is 4. The SMILES string of the molecule is CC[C@H](C)c1ccc(S(=O)(=O)CC)cc1. The number of hydrogen-bond donors (Lipinski definition) is 0. The van der Waals surface area contributed by atoms with E-state index in [2.05, 4.69) is 13.8 Å². The topological polar surface area (TPSA) is 34.1 Å². The largest absolute Gasteiger partial charge is 0.224 e. The summed E-state index contributed by atoms with van der Waals surface area (Å²) in [7, 11) is -3.05. The maximum atomic E-state index is 11.6. The second-order valence-electron chi connectivity index (χ2n) is 3.78.